The van der Waals surface area contributed by atoms with Crippen molar-refractivity contribution in [3.05, 3.63) is 33.6 Å². The van der Waals surface area contributed by atoms with Crippen LogP contribution in [-0.4, -0.2) is 15.4 Å². The van der Waals surface area contributed by atoms with E-state index in [1.807, 2.05) is 0 Å². The Morgan fingerprint density at radius 3 is 2.50 bits per heavy atom. The fourth-order valence-electron chi connectivity index (χ4n) is 0.514. The third-order valence-corrected chi connectivity index (χ3v) is 1.23. The molecule has 5 nitrogen and oxygen atoms in total. The first-order valence-electron chi connectivity index (χ1n) is 2.46. The summed E-state index contributed by atoms with van der Waals surface area (Å²) in [6.45, 7) is 0. The Morgan fingerprint density at radius 1 is 1.58 bits per heavy atom. The fraction of sp³-hybridized carbons (Fsp3) is 0. The van der Waals surface area contributed by atoms with Gasteiger partial charge in [-0.15, -0.1) is 12.4 Å². The molecular formula is C5H6Cl2N2O3. The standard InChI is InChI=1S/C5H3ClN2O2.ClH.H2O/c6-5-4(8(9)10)2-1-3-7-5;;/h1-3H;1H;1H2. The predicted octanol–water partition coefficient (Wildman–Crippen LogP) is 1.24. The van der Waals surface area contributed by atoms with Crippen LogP contribution in [-0.2, 0) is 0 Å². The second-order valence-corrected chi connectivity index (χ2v) is 1.93. The molecule has 1 heterocycles. The van der Waals surface area contributed by atoms with Crippen molar-refractivity contribution in [2.75, 3.05) is 0 Å². The maximum absolute atomic E-state index is 10.1. The molecule has 0 aromatic carbocycles. The summed E-state index contributed by atoms with van der Waals surface area (Å²) in [5.74, 6) is 0. The number of pyridine rings is 1. The minimum atomic E-state index is -0.574. The largest absolute Gasteiger partial charge is 0.412 e. The van der Waals surface area contributed by atoms with E-state index in [1.54, 1.807) is 0 Å². The van der Waals surface area contributed by atoms with Gasteiger partial charge in [0, 0.05) is 12.3 Å². The third kappa shape index (κ3) is 3.00. The van der Waals surface area contributed by atoms with E-state index in [2.05, 4.69) is 4.98 Å². The molecule has 2 N–H and O–H groups in total. The van der Waals surface area contributed by atoms with Crippen LogP contribution in [0.2, 0.25) is 5.15 Å². The Kier molecular flexibility index (Phi) is 6.49. The lowest BCUT2D eigenvalue weighted by Crippen LogP contribution is -1.89. The van der Waals surface area contributed by atoms with Gasteiger partial charge in [-0.05, 0) is 6.07 Å². The van der Waals surface area contributed by atoms with Crippen molar-refractivity contribution in [3.63, 3.8) is 0 Å². The SMILES string of the molecule is Cl.O.O=[N+]([O-])c1cccnc1Cl. The quantitative estimate of drug-likeness (QED) is 0.399. The summed E-state index contributed by atoms with van der Waals surface area (Å²) in [6, 6.07) is 2.76. The van der Waals surface area contributed by atoms with Gasteiger partial charge in [0.15, 0.2) is 0 Å². The minimum absolute atomic E-state index is 0. The Morgan fingerprint density at radius 2 is 2.17 bits per heavy atom. The highest BCUT2D eigenvalue weighted by atomic mass is 35.5. The van der Waals surface area contributed by atoms with Crippen molar-refractivity contribution in [3.8, 4) is 0 Å². The first-order valence-corrected chi connectivity index (χ1v) is 2.84. The van der Waals surface area contributed by atoms with Crippen LogP contribution in [0.3, 0.4) is 0 Å². The van der Waals surface area contributed by atoms with Gasteiger partial charge in [0.1, 0.15) is 0 Å². The molecule has 0 spiro atoms. The number of nitrogens with zero attached hydrogens (tertiary/aromatic N) is 2. The van der Waals surface area contributed by atoms with E-state index in [0.29, 0.717) is 0 Å². The lowest BCUT2D eigenvalue weighted by atomic mass is 10.4. The van der Waals surface area contributed by atoms with E-state index in [4.69, 9.17) is 11.6 Å². The average molecular weight is 213 g/mol. The highest BCUT2D eigenvalue weighted by molar-refractivity contribution is 6.31. The Balaban J connectivity index is 0. The summed E-state index contributed by atoms with van der Waals surface area (Å²) in [5.41, 5.74) is -0.163. The first kappa shape index (κ1) is 13.7. The monoisotopic (exact) mass is 212 g/mol. The van der Waals surface area contributed by atoms with Crippen LogP contribution in [0, 0.1) is 10.1 Å². The smallest absolute Gasteiger partial charge is 0.306 e. The number of halogens is 2. The third-order valence-electron chi connectivity index (χ3n) is 0.936. The summed E-state index contributed by atoms with van der Waals surface area (Å²) in [5, 5.41) is 10.0. The van der Waals surface area contributed by atoms with Crippen LogP contribution in [0.25, 0.3) is 0 Å². The van der Waals surface area contributed by atoms with Crippen LogP contribution in [0.5, 0.6) is 0 Å². The van der Waals surface area contributed by atoms with Crippen molar-refractivity contribution < 1.29 is 10.4 Å². The molecule has 68 valence electrons. The van der Waals surface area contributed by atoms with Gasteiger partial charge in [-0.2, -0.15) is 0 Å². The van der Waals surface area contributed by atoms with Gasteiger partial charge in [-0.1, -0.05) is 11.6 Å². The minimum Gasteiger partial charge on any atom is -0.412 e. The maximum atomic E-state index is 10.1. The molecule has 7 heteroatoms. The number of rotatable bonds is 1. The molecular weight excluding hydrogens is 207 g/mol. The molecule has 0 amide bonds. The van der Waals surface area contributed by atoms with Gasteiger partial charge < -0.3 is 5.48 Å². The van der Waals surface area contributed by atoms with E-state index < -0.39 is 4.92 Å². The van der Waals surface area contributed by atoms with E-state index in [0.717, 1.165) is 0 Å². The molecule has 0 fully saturated rings. The normalized spacial score (nSPS) is 7.75. The van der Waals surface area contributed by atoms with Gasteiger partial charge in [0.2, 0.25) is 5.15 Å². The van der Waals surface area contributed by atoms with E-state index in [-0.39, 0.29) is 28.7 Å². The van der Waals surface area contributed by atoms with Crippen LogP contribution in [0.15, 0.2) is 18.3 Å². The Labute approximate surface area is 79.2 Å². The molecule has 0 unspecified atom stereocenters. The summed E-state index contributed by atoms with van der Waals surface area (Å²) >= 11 is 5.37. The Bertz CT molecular complexity index is 269. The van der Waals surface area contributed by atoms with Gasteiger partial charge in [0.25, 0.3) is 0 Å². The predicted molar refractivity (Wildman–Crippen MR) is 46.8 cm³/mol. The molecule has 1 aromatic rings. The van der Waals surface area contributed by atoms with Gasteiger partial charge in [-0.3, -0.25) is 10.1 Å². The average Bonchev–Trinajstić information content (AvgIpc) is 1.88. The number of hydrogen-bond donors (Lipinski definition) is 0. The lowest BCUT2D eigenvalue weighted by molar-refractivity contribution is -0.385. The second kappa shape index (κ2) is 5.70. The molecule has 0 aliphatic heterocycles. The highest BCUT2D eigenvalue weighted by Gasteiger charge is 2.09. The summed E-state index contributed by atoms with van der Waals surface area (Å²) in [6.07, 6.45) is 1.40. The molecule has 12 heavy (non-hydrogen) atoms. The van der Waals surface area contributed by atoms with Crippen LogP contribution in [0.4, 0.5) is 5.69 Å². The summed E-state index contributed by atoms with van der Waals surface area (Å²) in [4.78, 5) is 13.1. The van der Waals surface area contributed by atoms with Gasteiger partial charge in [-0.25, -0.2) is 4.98 Å². The topological polar surface area (TPSA) is 87.5 Å². The van der Waals surface area contributed by atoms with Crippen LogP contribution in [0.1, 0.15) is 0 Å². The van der Waals surface area contributed by atoms with Gasteiger partial charge >= 0.3 is 5.69 Å². The van der Waals surface area contributed by atoms with Crippen LogP contribution >= 0.6 is 24.0 Å². The van der Waals surface area contributed by atoms with Crippen molar-refractivity contribution in [1.82, 2.24) is 4.98 Å². The molecule has 1 aromatic heterocycles. The lowest BCUT2D eigenvalue weighted by Gasteiger charge is -1.89. The Hall–Kier alpha value is -0.910. The van der Waals surface area contributed by atoms with Crippen LogP contribution < -0.4 is 0 Å². The van der Waals surface area contributed by atoms with E-state index >= 15 is 0 Å². The van der Waals surface area contributed by atoms with Gasteiger partial charge in [0.05, 0.1) is 4.92 Å². The maximum Gasteiger partial charge on any atom is 0.306 e. The number of aromatic nitrogens is 1. The van der Waals surface area contributed by atoms with E-state index in [9.17, 15) is 10.1 Å². The molecule has 0 radical (unpaired) electrons. The molecule has 0 aliphatic carbocycles. The summed E-state index contributed by atoms with van der Waals surface area (Å²) < 4.78 is 0. The fourth-order valence-corrected chi connectivity index (χ4v) is 0.702. The van der Waals surface area contributed by atoms with Crippen molar-refractivity contribution in [2.24, 2.45) is 0 Å². The number of hydrogen-bond acceptors (Lipinski definition) is 3. The highest BCUT2D eigenvalue weighted by Crippen LogP contribution is 2.19. The molecule has 0 bridgehead atoms. The second-order valence-electron chi connectivity index (χ2n) is 1.57. The zero-order chi connectivity index (χ0) is 7.56. The zero-order valence-corrected chi connectivity index (χ0v) is 7.30. The first-order chi connectivity index (χ1) is 4.72. The van der Waals surface area contributed by atoms with Crippen molar-refractivity contribution >= 4 is 29.7 Å². The van der Waals surface area contributed by atoms with Crippen molar-refractivity contribution in [2.45, 2.75) is 0 Å². The van der Waals surface area contributed by atoms with Crippen molar-refractivity contribution in [1.29, 1.82) is 0 Å². The number of nitro groups is 1. The summed E-state index contributed by atoms with van der Waals surface area (Å²) in [7, 11) is 0. The van der Waals surface area contributed by atoms with E-state index in [1.165, 1.54) is 18.3 Å². The molecule has 1 rings (SSSR count). The molecule has 0 atom stereocenters. The molecule has 0 saturated carbocycles. The molecule has 0 saturated heterocycles. The zero-order valence-electron chi connectivity index (χ0n) is 5.73. The molecule has 0 aliphatic rings.